The Morgan fingerprint density at radius 1 is 0.408 bits per heavy atom. The summed E-state index contributed by atoms with van der Waals surface area (Å²) < 4.78 is 22.7. The van der Waals surface area contributed by atoms with Gasteiger partial charge in [0.1, 0.15) is 13.2 Å². The maximum Gasteiger partial charge on any atom is 0.306 e. The van der Waals surface area contributed by atoms with Crippen LogP contribution >= 0.6 is 0 Å². The normalized spacial score (nSPS) is 13.0. The van der Waals surface area contributed by atoms with Crippen LogP contribution in [0, 0.1) is 0 Å². The van der Waals surface area contributed by atoms with Gasteiger partial charge in [-0.2, -0.15) is 0 Å². The Morgan fingerprint density at radius 3 is 1.12 bits per heavy atom. The Labute approximate surface area is 470 Å². The van der Waals surface area contributed by atoms with Gasteiger partial charge in [0.2, 0.25) is 0 Å². The van der Waals surface area contributed by atoms with Gasteiger partial charge >= 0.3 is 11.9 Å². The molecule has 0 N–H and O–H groups in total. The highest BCUT2D eigenvalue weighted by Gasteiger charge is 2.22. The molecule has 0 aromatic rings. The van der Waals surface area contributed by atoms with E-state index in [-0.39, 0.29) is 32.2 Å². The number of aliphatic carboxylic acids is 1. The molecule has 0 amide bonds. The second kappa shape index (κ2) is 58.4. The van der Waals surface area contributed by atoms with Crippen molar-refractivity contribution < 1.29 is 42.9 Å². The van der Waals surface area contributed by atoms with Gasteiger partial charge in [0.15, 0.2) is 12.4 Å². The average molecular weight is 1070 g/mol. The second-order valence-corrected chi connectivity index (χ2v) is 23.0. The Bertz CT molecular complexity index is 1380. The van der Waals surface area contributed by atoms with E-state index in [0.717, 1.165) is 64.2 Å². The number of nitrogens with zero attached hydrogens (tertiary/aromatic N) is 1. The lowest BCUT2D eigenvalue weighted by Crippen LogP contribution is -2.44. The molecular weight excluding hydrogens is 947 g/mol. The monoisotopic (exact) mass is 1070 g/mol. The molecule has 0 bridgehead atoms. The van der Waals surface area contributed by atoms with Crippen molar-refractivity contribution in [3.05, 3.63) is 48.6 Å². The van der Waals surface area contributed by atoms with E-state index in [1.165, 1.54) is 212 Å². The number of quaternary nitrogens is 1. The van der Waals surface area contributed by atoms with Crippen LogP contribution in [-0.2, 0) is 33.3 Å². The molecule has 9 nitrogen and oxygen atoms in total. The summed E-state index contributed by atoms with van der Waals surface area (Å²) in [6.07, 6.45) is 70.8. The summed E-state index contributed by atoms with van der Waals surface area (Å²) in [5.74, 6) is -2.26. The van der Waals surface area contributed by atoms with E-state index in [0.29, 0.717) is 17.4 Å². The number of hydrogen-bond donors (Lipinski definition) is 0. The van der Waals surface area contributed by atoms with Crippen LogP contribution in [0.1, 0.15) is 303 Å². The molecule has 0 saturated heterocycles. The van der Waals surface area contributed by atoms with Crippen LogP contribution in [0.4, 0.5) is 0 Å². The Kier molecular flexibility index (Phi) is 56.3. The van der Waals surface area contributed by atoms with Gasteiger partial charge in [-0.05, 0) is 51.4 Å². The van der Waals surface area contributed by atoms with E-state index in [1.807, 2.05) is 21.1 Å². The molecule has 0 heterocycles. The van der Waals surface area contributed by atoms with Crippen LogP contribution < -0.4 is 5.11 Å². The minimum atomic E-state index is -1.62. The topological polar surface area (TPSA) is 111 Å². The predicted octanol–water partition coefficient (Wildman–Crippen LogP) is 18.1. The third kappa shape index (κ3) is 58.9. The molecule has 0 radical (unpaired) electrons. The van der Waals surface area contributed by atoms with Crippen LogP contribution in [0.5, 0.6) is 0 Å². The van der Waals surface area contributed by atoms with E-state index >= 15 is 0 Å². The third-order valence-electron chi connectivity index (χ3n) is 14.3. The van der Waals surface area contributed by atoms with Crippen LogP contribution in [0.15, 0.2) is 48.6 Å². The van der Waals surface area contributed by atoms with Crippen molar-refractivity contribution >= 4 is 17.9 Å². The molecule has 0 rings (SSSR count). The Morgan fingerprint density at radius 2 is 0.750 bits per heavy atom. The summed E-state index contributed by atoms with van der Waals surface area (Å²) in [6.45, 7) is 4.65. The zero-order chi connectivity index (χ0) is 55.5. The molecule has 444 valence electrons. The fraction of sp³-hybridized carbons (Fsp3) is 0.836. The lowest BCUT2D eigenvalue weighted by atomic mass is 10.0. The number of hydrogen-bond acceptors (Lipinski definition) is 8. The molecule has 0 fully saturated rings. The van der Waals surface area contributed by atoms with Crippen molar-refractivity contribution in [2.75, 3.05) is 47.5 Å². The van der Waals surface area contributed by atoms with E-state index in [2.05, 4.69) is 62.5 Å². The van der Waals surface area contributed by atoms with Gasteiger partial charge in [-0.15, -0.1) is 0 Å². The molecule has 0 spiro atoms. The molecule has 0 aromatic carbocycles. The highest BCUT2D eigenvalue weighted by Crippen LogP contribution is 2.18. The quantitative estimate of drug-likeness (QED) is 0.0195. The van der Waals surface area contributed by atoms with Crippen LogP contribution in [-0.4, -0.2) is 82.3 Å². The maximum absolute atomic E-state index is 12.8. The summed E-state index contributed by atoms with van der Waals surface area (Å²) in [7, 11) is 5.93. The lowest BCUT2D eigenvalue weighted by molar-refractivity contribution is -0.870. The fourth-order valence-electron chi connectivity index (χ4n) is 9.41. The van der Waals surface area contributed by atoms with E-state index < -0.39 is 24.3 Å². The first-order chi connectivity index (χ1) is 37.1. The van der Waals surface area contributed by atoms with Crippen molar-refractivity contribution in [3.8, 4) is 0 Å². The Hall–Kier alpha value is -2.75. The van der Waals surface area contributed by atoms with Gasteiger partial charge in [0.05, 0.1) is 40.3 Å². The number of allylic oxidation sites excluding steroid dienone is 8. The fourth-order valence-corrected chi connectivity index (χ4v) is 9.41. The van der Waals surface area contributed by atoms with E-state index in [4.69, 9.17) is 18.9 Å². The van der Waals surface area contributed by atoms with Crippen LogP contribution in [0.2, 0.25) is 0 Å². The molecule has 0 aliphatic rings. The molecular formula is C67H123NO8. The van der Waals surface area contributed by atoms with Gasteiger partial charge in [0, 0.05) is 12.8 Å². The first-order valence-electron chi connectivity index (χ1n) is 32.3. The highest BCUT2D eigenvalue weighted by atomic mass is 16.7. The number of likely N-dealkylation sites (N-methyl/N-ethyl adjacent to an activating group) is 1. The molecule has 2 unspecified atom stereocenters. The van der Waals surface area contributed by atoms with E-state index in [9.17, 15) is 19.5 Å². The molecule has 76 heavy (non-hydrogen) atoms. The highest BCUT2D eigenvalue weighted by molar-refractivity contribution is 5.70. The maximum atomic E-state index is 12.8. The van der Waals surface area contributed by atoms with Gasteiger partial charge < -0.3 is 33.3 Å². The van der Waals surface area contributed by atoms with E-state index in [1.54, 1.807) is 0 Å². The summed E-state index contributed by atoms with van der Waals surface area (Å²) in [4.78, 5) is 37.1. The molecule has 0 aromatic heterocycles. The number of rotatable bonds is 60. The van der Waals surface area contributed by atoms with Crippen molar-refractivity contribution in [3.63, 3.8) is 0 Å². The molecule has 2 atom stereocenters. The van der Waals surface area contributed by atoms with Crippen molar-refractivity contribution in [1.82, 2.24) is 0 Å². The van der Waals surface area contributed by atoms with Gasteiger partial charge in [-0.3, -0.25) is 9.59 Å². The third-order valence-corrected chi connectivity index (χ3v) is 14.3. The predicted molar refractivity (Wildman–Crippen MR) is 320 cm³/mol. The first-order valence-corrected chi connectivity index (χ1v) is 32.3. The standard InChI is InChI=1S/C67H123NO8/c1-6-8-10-12-14-16-18-19-20-21-22-23-24-25-26-27-28-29-30-31-32-33-34-35-36-37-38-39-40-41-42-43-44-45-46-47-48-50-52-54-56-58-65(70)76-63(62-75-67(66(71)72)73-60-59-68(3,4)5)61-74-64(69)57-55-53-51-49-17-15-13-11-9-7-2/h8,10,14,16,19-20,22-23,63,67H,6-7,9,11-13,15,17-18,21,24-62H2,1-5H3/b10-8-,16-14-,20-19-,23-22-. The summed E-state index contributed by atoms with van der Waals surface area (Å²) in [5.41, 5.74) is 0. The zero-order valence-corrected chi connectivity index (χ0v) is 50.6. The van der Waals surface area contributed by atoms with Crippen molar-refractivity contribution in [2.45, 2.75) is 315 Å². The van der Waals surface area contributed by atoms with Gasteiger partial charge in [-0.25, -0.2) is 0 Å². The lowest BCUT2D eigenvalue weighted by Gasteiger charge is -2.26. The number of carbonyl (C=O) groups is 3. The Balaban J connectivity index is 3.84. The molecule has 9 heteroatoms. The number of ether oxygens (including phenoxy) is 4. The van der Waals surface area contributed by atoms with Crippen molar-refractivity contribution in [1.29, 1.82) is 0 Å². The van der Waals surface area contributed by atoms with Crippen molar-refractivity contribution in [2.24, 2.45) is 0 Å². The van der Waals surface area contributed by atoms with Crippen LogP contribution in [0.25, 0.3) is 0 Å². The minimum absolute atomic E-state index is 0.151. The number of carboxylic acid groups (broad SMARTS) is 1. The number of carboxylic acids is 1. The second-order valence-electron chi connectivity index (χ2n) is 23.0. The summed E-state index contributed by atoms with van der Waals surface area (Å²) in [6, 6.07) is 0. The SMILES string of the molecule is CC/C=C\C/C=C\C/C=C\C/C=C\CCCCCCCCCCCCCCCCCCCCCCCCCCCCCCC(=O)OC(COC(=O)CCCCCCCCCCCC)COC(OCC[N+](C)(C)C)C(=O)[O-]. The number of esters is 2. The summed E-state index contributed by atoms with van der Waals surface area (Å²) >= 11 is 0. The number of carbonyl (C=O) groups excluding carboxylic acids is 3. The first kappa shape index (κ1) is 73.2. The van der Waals surface area contributed by atoms with Gasteiger partial charge in [0.25, 0.3) is 0 Å². The zero-order valence-electron chi connectivity index (χ0n) is 50.6. The largest absolute Gasteiger partial charge is 0.545 e. The number of unbranched alkanes of at least 4 members (excludes halogenated alkanes) is 37. The molecule has 0 saturated carbocycles. The molecule has 0 aliphatic carbocycles. The van der Waals surface area contributed by atoms with Crippen LogP contribution in [0.3, 0.4) is 0 Å². The average Bonchev–Trinajstić information content (AvgIpc) is 3.39. The molecule has 0 aliphatic heterocycles. The summed E-state index contributed by atoms with van der Waals surface area (Å²) in [5, 5.41) is 11.7. The smallest absolute Gasteiger partial charge is 0.306 e. The van der Waals surface area contributed by atoms with Gasteiger partial charge in [-0.1, -0.05) is 287 Å². The minimum Gasteiger partial charge on any atom is -0.545 e.